The molecule has 0 unspecified atom stereocenters. The molecule has 2 amide bonds. The molecule has 29 heavy (non-hydrogen) atoms. The highest BCUT2D eigenvalue weighted by Crippen LogP contribution is 2.32. The molecule has 2 aromatic heterocycles. The number of anilines is 1. The Morgan fingerprint density at radius 2 is 1.79 bits per heavy atom. The number of fused-ring (bicyclic) bond motifs is 1. The molecule has 3 N–H and O–H groups in total. The lowest BCUT2D eigenvalue weighted by molar-refractivity contribution is 0.0977. The van der Waals surface area contributed by atoms with E-state index in [1.165, 1.54) is 18.2 Å². The molecule has 0 atom stereocenters. The molecule has 0 aliphatic heterocycles. The lowest BCUT2D eigenvalue weighted by atomic mass is 10.2. The number of nitrogens with two attached hydrogens (primary N) is 1. The van der Waals surface area contributed by atoms with Crippen LogP contribution in [-0.4, -0.2) is 18.9 Å². The van der Waals surface area contributed by atoms with Crippen LogP contribution < -0.4 is 15.8 Å². The summed E-state index contributed by atoms with van der Waals surface area (Å²) < 4.78 is 29.7. The maximum atomic E-state index is 13.6. The molecule has 2 aromatic carbocycles. The summed E-state index contributed by atoms with van der Waals surface area (Å²) in [4.78, 5) is 24.3. The smallest absolute Gasteiger partial charge is 0.291 e. The zero-order valence-corrected chi connectivity index (χ0v) is 15.2. The first-order valence-electron chi connectivity index (χ1n) is 8.53. The first-order valence-corrected chi connectivity index (χ1v) is 8.53. The van der Waals surface area contributed by atoms with Crippen LogP contribution in [0.2, 0.25) is 0 Å². The first kappa shape index (κ1) is 18.3. The van der Waals surface area contributed by atoms with Crippen molar-refractivity contribution in [1.82, 2.24) is 0 Å². The van der Waals surface area contributed by atoms with Crippen LogP contribution in [-0.2, 0) is 0 Å². The van der Waals surface area contributed by atoms with Crippen molar-refractivity contribution in [3.63, 3.8) is 0 Å². The number of methoxy groups -OCH3 is 1. The van der Waals surface area contributed by atoms with Gasteiger partial charge in [-0.25, -0.2) is 4.39 Å². The van der Waals surface area contributed by atoms with Crippen LogP contribution in [0.25, 0.3) is 22.3 Å². The van der Waals surface area contributed by atoms with E-state index in [4.69, 9.17) is 19.3 Å². The summed E-state index contributed by atoms with van der Waals surface area (Å²) in [5.74, 6) is -1.20. The van der Waals surface area contributed by atoms with Crippen LogP contribution in [0.1, 0.15) is 21.1 Å². The quantitative estimate of drug-likeness (QED) is 0.528. The third-order valence-corrected chi connectivity index (χ3v) is 4.32. The van der Waals surface area contributed by atoms with E-state index in [1.807, 2.05) is 0 Å². The van der Waals surface area contributed by atoms with E-state index in [0.717, 1.165) is 11.6 Å². The Morgan fingerprint density at radius 3 is 2.48 bits per heavy atom. The van der Waals surface area contributed by atoms with Crippen molar-refractivity contribution in [1.29, 1.82) is 0 Å². The molecule has 0 saturated heterocycles. The number of ether oxygens (including phenoxy) is 1. The van der Waals surface area contributed by atoms with Crippen molar-refractivity contribution in [2.45, 2.75) is 0 Å². The van der Waals surface area contributed by atoms with Crippen molar-refractivity contribution < 1.29 is 27.6 Å². The number of primary amides is 1. The van der Waals surface area contributed by atoms with Crippen LogP contribution in [0.5, 0.6) is 5.75 Å². The van der Waals surface area contributed by atoms with Crippen molar-refractivity contribution in [3.8, 4) is 17.1 Å². The van der Waals surface area contributed by atoms with Gasteiger partial charge in [0.05, 0.1) is 7.11 Å². The highest BCUT2D eigenvalue weighted by atomic mass is 19.1. The van der Waals surface area contributed by atoms with Crippen LogP contribution in [0.15, 0.2) is 63.4 Å². The summed E-state index contributed by atoms with van der Waals surface area (Å²) in [6, 6.07) is 13.9. The summed E-state index contributed by atoms with van der Waals surface area (Å²) in [6.45, 7) is 0. The van der Waals surface area contributed by atoms with Gasteiger partial charge in [-0.15, -0.1) is 0 Å². The zero-order valence-electron chi connectivity index (χ0n) is 15.2. The van der Waals surface area contributed by atoms with Crippen molar-refractivity contribution >= 4 is 28.5 Å². The topological polar surface area (TPSA) is 108 Å². The van der Waals surface area contributed by atoms with Gasteiger partial charge in [-0.3, -0.25) is 9.59 Å². The number of amides is 2. The first-order chi connectivity index (χ1) is 14.0. The molecular weight excluding hydrogens is 379 g/mol. The van der Waals surface area contributed by atoms with Crippen LogP contribution >= 0.6 is 0 Å². The lowest BCUT2D eigenvalue weighted by Crippen LogP contribution is -2.16. The Kier molecular flexibility index (Phi) is 4.52. The van der Waals surface area contributed by atoms with Gasteiger partial charge in [0.2, 0.25) is 5.76 Å². The fraction of sp³-hybridized carbons (Fsp3) is 0.0476. The fourth-order valence-corrected chi connectivity index (χ4v) is 2.91. The molecule has 0 spiro atoms. The molecule has 4 aromatic rings. The number of benzene rings is 2. The molecule has 0 aliphatic carbocycles. The second kappa shape index (κ2) is 7.16. The maximum absolute atomic E-state index is 13.6. The van der Waals surface area contributed by atoms with Crippen LogP contribution in [0.3, 0.4) is 0 Å². The SMILES string of the molecule is COc1ccc(-c2ccc(C(=O)Nc3c(C(N)=O)oc4ccc(F)cc34)o2)cc1. The third-order valence-electron chi connectivity index (χ3n) is 4.32. The Hall–Kier alpha value is -4.07. The average Bonchev–Trinajstić information content (AvgIpc) is 3.34. The van der Waals surface area contributed by atoms with Gasteiger partial charge >= 0.3 is 0 Å². The van der Waals surface area contributed by atoms with E-state index in [2.05, 4.69) is 5.32 Å². The molecule has 0 saturated carbocycles. The second-order valence-corrected chi connectivity index (χ2v) is 6.16. The van der Waals surface area contributed by atoms with E-state index >= 15 is 0 Å². The van der Waals surface area contributed by atoms with Crippen molar-refractivity contribution in [2.75, 3.05) is 12.4 Å². The summed E-state index contributed by atoms with van der Waals surface area (Å²) in [5.41, 5.74) is 6.27. The van der Waals surface area contributed by atoms with Gasteiger partial charge in [-0.05, 0) is 54.6 Å². The number of nitrogens with one attached hydrogen (secondary N) is 1. The van der Waals surface area contributed by atoms with Crippen molar-refractivity contribution in [3.05, 3.63) is 71.9 Å². The predicted octanol–water partition coefficient (Wildman–Crippen LogP) is 4.19. The Labute approximate surface area is 163 Å². The molecule has 7 nitrogen and oxygen atoms in total. The lowest BCUT2D eigenvalue weighted by Gasteiger charge is -2.03. The Morgan fingerprint density at radius 1 is 1.03 bits per heavy atom. The Bertz CT molecular complexity index is 1220. The number of carbonyl (C=O) groups excluding carboxylic acids is 2. The summed E-state index contributed by atoms with van der Waals surface area (Å²) in [6.07, 6.45) is 0. The van der Waals surface area contributed by atoms with Crippen LogP contribution in [0.4, 0.5) is 10.1 Å². The number of hydrogen-bond donors (Lipinski definition) is 2. The van der Waals surface area contributed by atoms with Gasteiger partial charge in [0, 0.05) is 10.9 Å². The van der Waals surface area contributed by atoms with Gasteiger partial charge < -0.3 is 24.6 Å². The van der Waals surface area contributed by atoms with E-state index < -0.39 is 17.6 Å². The van der Waals surface area contributed by atoms with Gasteiger partial charge in [-0.2, -0.15) is 0 Å². The number of carbonyl (C=O) groups is 2. The minimum absolute atomic E-state index is 0.00279. The van der Waals surface area contributed by atoms with Gasteiger partial charge in [0.25, 0.3) is 11.8 Å². The monoisotopic (exact) mass is 394 g/mol. The third kappa shape index (κ3) is 3.43. The second-order valence-electron chi connectivity index (χ2n) is 6.16. The van der Waals surface area contributed by atoms with E-state index in [0.29, 0.717) is 11.5 Å². The Balaban J connectivity index is 1.65. The molecule has 0 bridgehead atoms. The fourth-order valence-electron chi connectivity index (χ4n) is 2.91. The van der Waals surface area contributed by atoms with Gasteiger partial charge in [0.15, 0.2) is 5.76 Å². The van der Waals surface area contributed by atoms with Gasteiger partial charge in [0.1, 0.15) is 28.6 Å². The maximum Gasteiger partial charge on any atom is 0.291 e. The molecular formula is C21H15FN2O5. The minimum Gasteiger partial charge on any atom is -0.497 e. The highest BCUT2D eigenvalue weighted by Gasteiger charge is 2.23. The number of hydrogen-bond acceptors (Lipinski definition) is 5. The minimum atomic E-state index is -0.893. The van der Waals surface area contributed by atoms with E-state index in [-0.39, 0.29) is 28.2 Å². The highest BCUT2D eigenvalue weighted by molar-refractivity contribution is 6.13. The molecule has 2 heterocycles. The van der Waals surface area contributed by atoms with E-state index in [1.54, 1.807) is 37.4 Å². The normalized spacial score (nSPS) is 10.8. The number of halogens is 1. The molecule has 0 radical (unpaired) electrons. The van der Waals surface area contributed by atoms with Gasteiger partial charge in [-0.1, -0.05) is 0 Å². The summed E-state index contributed by atoms with van der Waals surface area (Å²) in [7, 11) is 1.57. The molecule has 4 rings (SSSR count). The predicted molar refractivity (Wildman–Crippen MR) is 103 cm³/mol. The number of furan rings is 2. The molecule has 146 valence electrons. The van der Waals surface area contributed by atoms with Crippen LogP contribution in [0, 0.1) is 5.82 Å². The summed E-state index contributed by atoms with van der Waals surface area (Å²) >= 11 is 0. The molecule has 8 heteroatoms. The van der Waals surface area contributed by atoms with Crippen molar-refractivity contribution in [2.24, 2.45) is 5.73 Å². The number of rotatable bonds is 5. The standard InChI is InChI=1S/C21H15FN2O5/c1-27-13-5-2-11(3-6-13)15-8-9-17(28-15)21(26)24-18-14-10-12(22)4-7-16(14)29-19(18)20(23)25/h2-10H,1H3,(H2,23,25)(H,24,26). The average molecular weight is 394 g/mol. The summed E-state index contributed by atoms with van der Waals surface area (Å²) in [5, 5.41) is 2.74. The largest absolute Gasteiger partial charge is 0.497 e. The van der Waals surface area contributed by atoms with E-state index in [9.17, 15) is 14.0 Å². The molecule has 0 aliphatic rings. The molecule has 0 fully saturated rings. The zero-order chi connectivity index (χ0) is 20.5.